The zero-order valence-electron chi connectivity index (χ0n) is 25.8. The van der Waals surface area contributed by atoms with Gasteiger partial charge in [-0.3, -0.25) is 0 Å². The molecule has 0 aliphatic heterocycles. The summed E-state index contributed by atoms with van der Waals surface area (Å²) in [5.74, 6) is -2.20. The maximum Gasteiger partial charge on any atom is 0.336 e. The zero-order chi connectivity index (χ0) is 28.7. The summed E-state index contributed by atoms with van der Waals surface area (Å²) < 4.78 is 0. The maximum atomic E-state index is 12.4. The fraction of sp³-hybridized carbons (Fsp3) is 0.771. The lowest BCUT2D eigenvalue weighted by Gasteiger charge is -2.20. The van der Waals surface area contributed by atoms with Crippen LogP contribution in [0.2, 0.25) is 0 Å². The van der Waals surface area contributed by atoms with Crippen molar-refractivity contribution in [1.82, 2.24) is 0 Å². The summed E-state index contributed by atoms with van der Waals surface area (Å²) in [5.41, 5.74) is 3.11. The van der Waals surface area contributed by atoms with E-state index in [2.05, 4.69) is 20.8 Å². The first-order valence-electron chi connectivity index (χ1n) is 16.6. The van der Waals surface area contributed by atoms with Crippen LogP contribution in [0.5, 0.6) is 0 Å². The average molecular weight is 545 g/mol. The molecule has 0 radical (unpaired) electrons. The number of unbranched alkanes of at least 4 members (excludes halogenated alkanes) is 18. The highest BCUT2D eigenvalue weighted by molar-refractivity contribution is 6.03. The van der Waals surface area contributed by atoms with Crippen molar-refractivity contribution < 1.29 is 19.8 Å². The molecule has 0 spiro atoms. The van der Waals surface area contributed by atoms with Crippen LogP contribution >= 0.6 is 0 Å². The summed E-state index contributed by atoms with van der Waals surface area (Å²) in [5, 5.41) is 20.1. The molecule has 0 amide bonds. The Kier molecular flexibility index (Phi) is 20.7. The van der Waals surface area contributed by atoms with Gasteiger partial charge in [-0.2, -0.15) is 0 Å². The lowest BCUT2D eigenvalue weighted by atomic mass is 9.84. The van der Waals surface area contributed by atoms with Crippen molar-refractivity contribution in [2.24, 2.45) is 0 Å². The van der Waals surface area contributed by atoms with E-state index in [1.807, 2.05) is 0 Å². The quantitative estimate of drug-likeness (QED) is 0.114. The molecular formula is C35H60O4. The minimum atomic E-state index is -1.11. The number of carboxylic acid groups (broad SMARTS) is 2. The molecule has 0 saturated carbocycles. The molecule has 1 rings (SSSR count). The maximum absolute atomic E-state index is 12.4. The van der Waals surface area contributed by atoms with Crippen LogP contribution in [0.3, 0.4) is 0 Å². The number of carboxylic acids is 2. The van der Waals surface area contributed by atoms with Crippen molar-refractivity contribution in [3.05, 3.63) is 33.9 Å². The molecular weight excluding hydrogens is 484 g/mol. The van der Waals surface area contributed by atoms with Crippen LogP contribution in [0.4, 0.5) is 0 Å². The molecule has 0 aliphatic rings. The van der Waals surface area contributed by atoms with Crippen LogP contribution in [-0.4, -0.2) is 22.2 Å². The highest BCUT2D eigenvalue weighted by Crippen LogP contribution is 2.30. The average Bonchev–Trinajstić information content (AvgIpc) is 2.91. The van der Waals surface area contributed by atoms with Crippen LogP contribution in [0.25, 0.3) is 0 Å². The van der Waals surface area contributed by atoms with Crippen molar-refractivity contribution in [3.63, 3.8) is 0 Å². The van der Waals surface area contributed by atoms with Crippen molar-refractivity contribution in [3.8, 4) is 0 Å². The summed E-state index contributed by atoms with van der Waals surface area (Å²) in [7, 11) is 0. The minimum absolute atomic E-state index is 0.0123. The predicted octanol–water partition coefficient (Wildman–Crippen LogP) is 11.0. The third kappa shape index (κ3) is 14.9. The van der Waals surface area contributed by atoms with E-state index in [1.165, 1.54) is 96.3 Å². The molecule has 0 heterocycles. The highest BCUT2D eigenvalue weighted by atomic mass is 16.4. The van der Waals surface area contributed by atoms with Gasteiger partial charge in [0.15, 0.2) is 0 Å². The Morgan fingerprint density at radius 1 is 0.487 bits per heavy atom. The molecule has 0 aliphatic carbocycles. The third-order valence-electron chi connectivity index (χ3n) is 8.20. The van der Waals surface area contributed by atoms with Gasteiger partial charge in [0.05, 0.1) is 11.1 Å². The van der Waals surface area contributed by atoms with Gasteiger partial charge in [-0.1, -0.05) is 136 Å². The van der Waals surface area contributed by atoms with Crippen molar-refractivity contribution >= 4 is 11.9 Å². The van der Waals surface area contributed by atoms with Crippen molar-refractivity contribution in [1.29, 1.82) is 0 Å². The van der Waals surface area contributed by atoms with E-state index in [1.54, 1.807) is 6.07 Å². The van der Waals surface area contributed by atoms with Gasteiger partial charge in [0, 0.05) is 0 Å². The van der Waals surface area contributed by atoms with Gasteiger partial charge in [-0.15, -0.1) is 0 Å². The Morgan fingerprint density at radius 2 is 0.846 bits per heavy atom. The second-order valence-corrected chi connectivity index (χ2v) is 11.6. The molecule has 1 aromatic rings. The number of rotatable bonds is 26. The van der Waals surface area contributed by atoms with Gasteiger partial charge >= 0.3 is 11.9 Å². The number of carbonyl (C=O) groups is 2. The lowest BCUT2D eigenvalue weighted by molar-refractivity contribution is 0.0650. The summed E-state index contributed by atoms with van der Waals surface area (Å²) in [4.78, 5) is 24.6. The van der Waals surface area contributed by atoms with E-state index < -0.39 is 11.9 Å². The fourth-order valence-corrected chi connectivity index (χ4v) is 5.85. The molecule has 4 nitrogen and oxygen atoms in total. The summed E-state index contributed by atoms with van der Waals surface area (Å²) in [6, 6.07) is 1.72. The number of aromatic carboxylic acids is 2. The third-order valence-corrected chi connectivity index (χ3v) is 8.20. The van der Waals surface area contributed by atoms with E-state index >= 15 is 0 Å². The molecule has 0 unspecified atom stereocenters. The molecule has 0 fully saturated rings. The Hall–Kier alpha value is -1.84. The second-order valence-electron chi connectivity index (χ2n) is 11.6. The Balaban J connectivity index is 3.09. The van der Waals surface area contributed by atoms with E-state index in [0.717, 1.165) is 68.1 Å². The standard InChI is InChI=1S/C35H60O4/c1-4-7-10-13-16-19-22-25-29-28-32(34(36)37)33(35(38)39)31(27-24-21-18-15-12-9-6-3)30(29)26-23-20-17-14-11-8-5-2/h28H,4-27H2,1-3H3,(H,36,37)(H,38,39). The molecule has 0 aromatic heterocycles. The van der Waals surface area contributed by atoms with Crippen LogP contribution in [0, 0.1) is 0 Å². The molecule has 0 atom stereocenters. The molecule has 1 aromatic carbocycles. The van der Waals surface area contributed by atoms with Gasteiger partial charge in [-0.05, 0) is 61.3 Å². The SMILES string of the molecule is CCCCCCCCCc1cc(C(=O)O)c(C(=O)O)c(CCCCCCCCC)c1CCCCCCCCC. The largest absolute Gasteiger partial charge is 0.478 e. The van der Waals surface area contributed by atoms with Gasteiger partial charge in [0.25, 0.3) is 0 Å². The number of hydrogen-bond donors (Lipinski definition) is 2. The Bertz CT molecular complexity index is 798. The topological polar surface area (TPSA) is 74.6 Å². The van der Waals surface area contributed by atoms with E-state index in [0.29, 0.717) is 6.42 Å². The van der Waals surface area contributed by atoms with Gasteiger partial charge in [0.2, 0.25) is 0 Å². The Labute approximate surface area is 240 Å². The molecule has 0 saturated heterocycles. The predicted molar refractivity (Wildman–Crippen MR) is 165 cm³/mol. The smallest absolute Gasteiger partial charge is 0.336 e. The second kappa shape index (κ2) is 22.9. The van der Waals surface area contributed by atoms with Crippen LogP contribution < -0.4 is 0 Å². The van der Waals surface area contributed by atoms with Crippen LogP contribution in [-0.2, 0) is 19.3 Å². The number of benzene rings is 1. The number of hydrogen-bond acceptors (Lipinski definition) is 2. The molecule has 39 heavy (non-hydrogen) atoms. The monoisotopic (exact) mass is 544 g/mol. The first-order chi connectivity index (χ1) is 19.0. The normalized spacial score (nSPS) is 11.3. The van der Waals surface area contributed by atoms with E-state index in [-0.39, 0.29) is 11.1 Å². The first kappa shape index (κ1) is 35.2. The molecule has 2 N–H and O–H groups in total. The highest BCUT2D eigenvalue weighted by Gasteiger charge is 2.25. The van der Waals surface area contributed by atoms with Gasteiger partial charge < -0.3 is 10.2 Å². The number of aryl methyl sites for hydroxylation is 1. The molecule has 0 bridgehead atoms. The minimum Gasteiger partial charge on any atom is -0.478 e. The Morgan fingerprint density at radius 3 is 1.23 bits per heavy atom. The molecule has 4 heteroatoms. The van der Waals surface area contributed by atoms with E-state index in [4.69, 9.17) is 0 Å². The molecule has 224 valence electrons. The summed E-state index contributed by atoms with van der Waals surface area (Å²) in [6.45, 7) is 6.69. The van der Waals surface area contributed by atoms with Crippen LogP contribution in [0.1, 0.15) is 193 Å². The van der Waals surface area contributed by atoms with Crippen LogP contribution in [0.15, 0.2) is 6.07 Å². The summed E-state index contributed by atoms with van der Waals surface area (Å²) in [6.07, 6.45) is 27.6. The lowest BCUT2D eigenvalue weighted by Crippen LogP contribution is -2.16. The van der Waals surface area contributed by atoms with Crippen molar-refractivity contribution in [2.75, 3.05) is 0 Å². The van der Waals surface area contributed by atoms with Crippen molar-refractivity contribution in [2.45, 2.75) is 175 Å². The van der Waals surface area contributed by atoms with E-state index in [9.17, 15) is 19.8 Å². The summed E-state index contributed by atoms with van der Waals surface area (Å²) >= 11 is 0. The fourth-order valence-electron chi connectivity index (χ4n) is 5.85. The van der Waals surface area contributed by atoms with Gasteiger partial charge in [-0.25, -0.2) is 9.59 Å². The van der Waals surface area contributed by atoms with Gasteiger partial charge in [0.1, 0.15) is 0 Å². The zero-order valence-corrected chi connectivity index (χ0v) is 25.8. The first-order valence-corrected chi connectivity index (χ1v) is 16.6.